The van der Waals surface area contributed by atoms with Crippen LogP contribution in [0.25, 0.3) is 0 Å². The molecule has 2 heterocycles. The number of imidazole rings is 1. The van der Waals surface area contributed by atoms with Gasteiger partial charge in [0.15, 0.2) is 0 Å². The Morgan fingerprint density at radius 2 is 1.75 bits per heavy atom. The summed E-state index contributed by atoms with van der Waals surface area (Å²) in [6, 6.07) is 8.68. The average Bonchev–Trinajstić information content (AvgIpc) is 3.08. The van der Waals surface area contributed by atoms with Crippen LogP contribution < -0.4 is 0 Å². The Hall–Kier alpha value is -1.70. The van der Waals surface area contributed by atoms with Gasteiger partial charge in [-0.15, -0.1) is 0 Å². The van der Waals surface area contributed by atoms with Crippen molar-refractivity contribution in [2.24, 2.45) is 0 Å². The van der Waals surface area contributed by atoms with Crippen molar-refractivity contribution in [3.8, 4) is 0 Å². The van der Waals surface area contributed by atoms with Crippen LogP contribution in [-0.2, 0) is 23.0 Å². The van der Waals surface area contributed by atoms with Crippen molar-refractivity contribution in [1.82, 2.24) is 18.8 Å². The molecule has 1 aromatic carbocycles. The third-order valence-corrected chi connectivity index (χ3v) is 6.40. The molecule has 1 saturated heterocycles. The maximum Gasteiger partial charge on any atom is 0.243 e. The van der Waals surface area contributed by atoms with Gasteiger partial charge in [-0.3, -0.25) is 4.90 Å². The fourth-order valence-corrected chi connectivity index (χ4v) is 4.49. The van der Waals surface area contributed by atoms with Gasteiger partial charge in [0.25, 0.3) is 0 Å². The van der Waals surface area contributed by atoms with E-state index in [1.165, 1.54) is 0 Å². The van der Waals surface area contributed by atoms with E-state index in [0.29, 0.717) is 18.0 Å². The normalized spacial score (nSPS) is 17.2. The molecule has 3 rings (SSSR count). The van der Waals surface area contributed by atoms with Crippen LogP contribution in [0, 0.1) is 0 Å². The minimum absolute atomic E-state index is 0.379. The van der Waals surface area contributed by atoms with Crippen LogP contribution in [0.15, 0.2) is 47.6 Å². The van der Waals surface area contributed by atoms with E-state index < -0.39 is 10.0 Å². The molecule has 0 aliphatic carbocycles. The third kappa shape index (κ3) is 3.68. The van der Waals surface area contributed by atoms with Crippen molar-refractivity contribution >= 4 is 10.0 Å². The third-order valence-electron chi connectivity index (χ3n) is 4.49. The highest BCUT2D eigenvalue weighted by Gasteiger charge is 2.28. The Kier molecular flexibility index (Phi) is 5.33. The number of sulfonamides is 1. The van der Waals surface area contributed by atoms with Crippen LogP contribution in [0.4, 0.5) is 0 Å². The standard InChI is InChI=1S/C17H24N4O2S/c1-2-17-18-8-9-20(17)13-10-19-11-14-21(15-12-19)24(22,23)16-6-4-3-5-7-16/h3-9H,2,10-15H2,1H3. The SMILES string of the molecule is CCc1nccn1CCN1CCN(S(=O)(=O)c2ccccc2)CC1. The van der Waals surface area contributed by atoms with Gasteiger partial charge in [-0.1, -0.05) is 25.1 Å². The van der Waals surface area contributed by atoms with Crippen molar-refractivity contribution in [3.05, 3.63) is 48.5 Å². The molecule has 0 saturated carbocycles. The number of hydrogen-bond donors (Lipinski definition) is 0. The molecule has 0 spiro atoms. The quantitative estimate of drug-likeness (QED) is 0.793. The lowest BCUT2D eigenvalue weighted by Crippen LogP contribution is -2.49. The van der Waals surface area contributed by atoms with E-state index in [1.807, 2.05) is 18.5 Å². The van der Waals surface area contributed by atoms with E-state index >= 15 is 0 Å². The number of benzene rings is 1. The molecule has 130 valence electrons. The molecular formula is C17H24N4O2S. The van der Waals surface area contributed by atoms with Crippen molar-refractivity contribution in [3.63, 3.8) is 0 Å². The first-order valence-electron chi connectivity index (χ1n) is 8.39. The summed E-state index contributed by atoms with van der Waals surface area (Å²) >= 11 is 0. The van der Waals surface area contributed by atoms with Gasteiger partial charge in [-0.25, -0.2) is 13.4 Å². The fourth-order valence-electron chi connectivity index (χ4n) is 3.04. The van der Waals surface area contributed by atoms with Gasteiger partial charge in [0.05, 0.1) is 4.90 Å². The topological polar surface area (TPSA) is 58.4 Å². The number of nitrogens with zero attached hydrogens (tertiary/aromatic N) is 4. The Morgan fingerprint density at radius 3 is 2.42 bits per heavy atom. The summed E-state index contributed by atoms with van der Waals surface area (Å²) in [4.78, 5) is 7.03. The van der Waals surface area contributed by atoms with Gasteiger partial charge in [0.1, 0.15) is 5.82 Å². The Labute approximate surface area is 143 Å². The van der Waals surface area contributed by atoms with Gasteiger partial charge in [-0.2, -0.15) is 4.31 Å². The molecule has 0 radical (unpaired) electrons. The van der Waals surface area contributed by atoms with Crippen LogP contribution in [0.2, 0.25) is 0 Å². The smallest absolute Gasteiger partial charge is 0.243 e. The number of hydrogen-bond acceptors (Lipinski definition) is 4. The molecule has 1 fully saturated rings. The lowest BCUT2D eigenvalue weighted by atomic mass is 10.3. The van der Waals surface area contributed by atoms with Crippen molar-refractivity contribution in [2.45, 2.75) is 24.8 Å². The predicted octanol–water partition coefficient (Wildman–Crippen LogP) is 1.45. The van der Waals surface area contributed by atoms with Gasteiger partial charge >= 0.3 is 0 Å². The fraction of sp³-hybridized carbons (Fsp3) is 0.471. The maximum atomic E-state index is 12.6. The van der Waals surface area contributed by atoms with E-state index in [-0.39, 0.29) is 0 Å². The van der Waals surface area contributed by atoms with E-state index in [0.717, 1.165) is 38.4 Å². The number of piperazine rings is 1. The number of aryl methyl sites for hydroxylation is 1. The molecular weight excluding hydrogens is 324 g/mol. The zero-order valence-electron chi connectivity index (χ0n) is 14.0. The summed E-state index contributed by atoms with van der Waals surface area (Å²) in [5, 5.41) is 0. The largest absolute Gasteiger partial charge is 0.334 e. The summed E-state index contributed by atoms with van der Waals surface area (Å²) in [5.74, 6) is 1.10. The van der Waals surface area contributed by atoms with Crippen LogP contribution in [0.3, 0.4) is 0 Å². The molecule has 6 nitrogen and oxygen atoms in total. The highest BCUT2D eigenvalue weighted by Crippen LogP contribution is 2.17. The number of rotatable bonds is 6. The molecule has 1 aliphatic rings. The molecule has 0 N–H and O–H groups in total. The molecule has 1 aromatic heterocycles. The van der Waals surface area contributed by atoms with Crippen molar-refractivity contribution in [2.75, 3.05) is 32.7 Å². The minimum atomic E-state index is -3.36. The van der Waals surface area contributed by atoms with Gasteiger partial charge in [-0.05, 0) is 12.1 Å². The van der Waals surface area contributed by atoms with Crippen LogP contribution in [-0.4, -0.2) is 59.9 Å². The molecule has 0 atom stereocenters. The molecule has 7 heteroatoms. The number of aromatic nitrogens is 2. The van der Waals surface area contributed by atoms with Gasteiger partial charge < -0.3 is 4.57 Å². The molecule has 1 aliphatic heterocycles. The first-order chi connectivity index (χ1) is 11.6. The lowest BCUT2D eigenvalue weighted by molar-refractivity contribution is 0.182. The molecule has 0 amide bonds. The monoisotopic (exact) mass is 348 g/mol. The minimum Gasteiger partial charge on any atom is -0.334 e. The zero-order chi connectivity index (χ0) is 17.0. The van der Waals surface area contributed by atoms with E-state index in [1.54, 1.807) is 28.6 Å². The maximum absolute atomic E-state index is 12.6. The summed E-state index contributed by atoms with van der Waals surface area (Å²) < 4.78 is 29.0. The Balaban J connectivity index is 1.54. The van der Waals surface area contributed by atoms with Crippen molar-refractivity contribution in [1.29, 1.82) is 0 Å². The second kappa shape index (κ2) is 7.46. The summed E-state index contributed by atoms with van der Waals surface area (Å²) in [7, 11) is -3.36. The van der Waals surface area contributed by atoms with Gasteiger partial charge in [0.2, 0.25) is 10.0 Å². The highest BCUT2D eigenvalue weighted by molar-refractivity contribution is 7.89. The predicted molar refractivity (Wildman–Crippen MR) is 93.2 cm³/mol. The average molecular weight is 348 g/mol. The zero-order valence-corrected chi connectivity index (χ0v) is 14.8. The first-order valence-corrected chi connectivity index (χ1v) is 9.83. The summed E-state index contributed by atoms with van der Waals surface area (Å²) in [5.41, 5.74) is 0. The van der Waals surface area contributed by atoms with E-state index in [9.17, 15) is 8.42 Å². The van der Waals surface area contributed by atoms with E-state index in [2.05, 4.69) is 21.4 Å². The molecule has 0 bridgehead atoms. The van der Waals surface area contributed by atoms with Crippen molar-refractivity contribution < 1.29 is 8.42 Å². The van der Waals surface area contributed by atoms with Crippen LogP contribution >= 0.6 is 0 Å². The first kappa shape index (κ1) is 17.1. The van der Waals surface area contributed by atoms with Crippen LogP contribution in [0.5, 0.6) is 0 Å². The van der Waals surface area contributed by atoms with Crippen LogP contribution in [0.1, 0.15) is 12.7 Å². The Morgan fingerprint density at radius 1 is 1.04 bits per heavy atom. The molecule has 24 heavy (non-hydrogen) atoms. The highest BCUT2D eigenvalue weighted by atomic mass is 32.2. The Bertz CT molecular complexity index is 750. The second-order valence-electron chi connectivity index (χ2n) is 5.95. The summed E-state index contributed by atoms with van der Waals surface area (Å²) in [6.45, 7) is 6.54. The summed E-state index contributed by atoms with van der Waals surface area (Å²) in [6.07, 6.45) is 4.77. The second-order valence-corrected chi connectivity index (χ2v) is 7.89. The lowest BCUT2D eigenvalue weighted by Gasteiger charge is -2.34. The van der Waals surface area contributed by atoms with E-state index in [4.69, 9.17) is 0 Å². The molecule has 2 aromatic rings. The van der Waals surface area contributed by atoms with Gasteiger partial charge in [0, 0.05) is 58.1 Å². The molecule has 0 unspecified atom stereocenters.